The number of nitrogens with zero attached hydrogens (tertiary/aromatic N) is 1. The number of rotatable bonds is 5. The standard InChI is InChI=1S/C15H23N3O2/c1-12-11-13(19)3-4-14(12)15(20)17-5-2-8-18-9-6-16-7-10-18/h3-4,11,16,19H,2,5-10H2,1H3,(H,17,20). The SMILES string of the molecule is Cc1cc(O)ccc1C(=O)NCCCN1CCNCC1. The Morgan fingerprint density at radius 1 is 1.40 bits per heavy atom. The average molecular weight is 277 g/mol. The zero-order valence-corrected chi connectivity index (χ0v) is 12.0. The third-order valence-electron chi connectivity index (χ3n) is 3.60. The molecule has 1 saturated heterocycles. The Hall–Kier alpha value is -1.59. The number of piperazine rings is 1. The van der Waals surface area contributed by atoms with Gasteiger partial charge in [0.2, 0.25) is 0 Å². The Morgan fingerprint density at radius 2 is 2.15 bits per heavy atom. The highest BCUT2D eigenvalue weighted by Crippen LogP contribution is 2.15. The minimum absolute atomic E-state index is 0.0668. The maximum Gasteiger partial charge on any atom is 0.251 e. The number of hydrogen-bond donors (Lipinski definition) is 3. The number of aryl methyl sites for hydroxylation is 1. The summed E-state index contributed by atoms with van der Waals surface area (Å²) in [6.45, 7) is 7.82. The van der Waals surface area contributed by atoms with E-state index in [1.54, 1.807) is 18.2 Å². The van der Waals surface area contributed by atoms with E-state index in [4.69, 9.17) is 0 Å². The first-order chi connectivity index (χ1) is 9.66. The molecular weight excluding hydrogens is 254 g/mol. The summed E-state index contributed by atoms with van der Waals surface area (Å²) in [5.74, 6) is 0.126. The van der Waals surface area contributed by atoms with Crippen LogP contribution in [0.5, 0.6) is 5.75 Å². The van der Waals surface area contributed by atoms with Crippen LogP contribution >= 0.6 is 0 Å². The summed E-state index contributed by atoms with van der Waals surface area (Å²) in [5.41, 5.74) is 1.43. The van der Waals surface area contributed by atoms with Gasteiger partial charge >= 0.3 is 0 Å². The van der Waals surface area contributed by atoms with E-state index in [-0.39, 0.29) is 11.7 Å². The summed E-state index contributed by atoms with van der Waals surface area (Å²) in [6.07, 6.45) is 0.961. The van der Waals surface area contributed by atoms with Gasteiger partial charge in [0, 0.05) is 38.3 Å². The second-order valence-corrected chi connectivity index (χ2v) is 5.20. The molecular formula is C15H23N3O2. The number of phenolic OH excluding ortho intramolecular Hbond substituents is 1. The van der Waals surface area contributed by atoms with Gasteiger partial charge in [0.1, 0.15) is 5.75 Å². The third-order valence-corrected chi connectivity index (χ3v) is 3.60. The molecule has 110 valence electrons. The molecule has 0 unspecified atom stereocenters. The zero-order valence-electron chi connectivity index (χ0n) is 12.0. The van der Waals surface area contributed by atoms with Crippen molar-refractivity contribution in [2.75, 3.05) is 39.3 Å². The van der Waals surface area contributed by atoms with Gasteiger partial charge in [-0.25, -0.2) is 0 Å². The summed E-state index contributed by atoms with van der Waals surface area (Å²) in [4.78, 5) is 14.4. The molecule has 1 aliphatic rings. The number of amides is 1. The molecule has 1 amide bonds. The highest BCUT2D eigenvalue weighted by Gasteiger charge is 2.10. The molecule has 1 heterocycles. The summed E-state index contributed by atoms with van der Waals surface area (Å²) in [7, 11) is 0. The lowest BCUT2D eigenvalue weighted by molar-refractivity contribution is 0.0950. The van der Waals surface area contributed by atoms with Gasteiger partial charge in [-0.15, -0.1) is 0 Å². The summed E-state index contributed by atoms with van der Waals surface area (Å²) in [5, 5.41) is 15.6. The van der Waals surface area contributed by atoms with E-state index in [1.165, 1.54) is 0 Å². The predicted molar refractivity (Wildman–Crippen MR) is 79.1 cm³/mol. The van der Waals surface area contributed by atoms with E-state index in [9.17, 15) is 9.90 Å². The van der Waals surface area contributed by atoms with E-state index in [2.05, 4.69) is 15.5 Å². The molecule has 1 aliphatic heterocycles. The third kappa shape index (κ3) is 4.21. The van der Waals surface area contributed by atoms with Crippen molar-refractivity contribution in [3.8, 4) is 5.75 Å². The Labute approximate surface area is 120 Å². The first-order valence-corrected chi connectivity index (χ1v) is 7.18. The molecule has 1 aromatic rings. The van der Waals surface area contributed by atoms with Crippen molar-refractivity contribution in [1.29, 1.82) is 0 Å². The minimum atomic E-state index is -0.0668. The van der Waals surface area contributed by atoms with E-state index in [0.717, 1.165) is 44.7 Å². The maximum atomic E-state index is 12.0. The van der Waals surface area contributed by atoms with E-state index < -0.39 is 0 Å². The number of benzene rings is 1. The predicted octanol–water partition coefficient (Wildman–Crippen LogP) is 0.726. The minimum Gasteiger partial charge on any atom is -0.508 e. The molecule has 0 radical (unpaired) electrons. The van der Waals surface area contributed by atoms with Crippen LogP contribution in [0, 0.1) is 6.92 Å². The lowest BCUT2D eigenvalue weighted by Crippen LogP contribution is -2.44. The Balaban J connectivity index is 1.72. The number of carbonyl (C=O) groups excluding carboxylic acids is 1. The molecule has 5 heteroatoms. The summed E-state index contributed by atoms with van der Waals surface area (Å²) in [6, 6.07) is 4.81. The van der Waals surface area contributed by atoms with Crippen molar-refractivity contribution >= 4 is 5.91 Å². The Kier molecular flexibility index (Phi) is 5.38. The first kappa shape index (κ1) is 14.8. The highest BCUT2D eigenvalue weighted by molar-refractivity contribution is 5.95. The van der Waals surface area contributed by atoms with Gasteiger partial charge in [-0.2, -0.15) is 0 Å². The molecule has 0 saturated carbocycles. The van der Waals surface area contributed by atoms with Crippen LogP contribution in [-0.4, -0.2) is 55.2 Å². The van der Waals surface area contributed by atoms with Crippen LogP contribution in [0.3, 0.4) is 0 Å². The number of phenols is 1. The molecule has 0 aromatic heterocycles. The van der Waals surface area contributed by atoms with Gasteiger partial charge in [-0.05, 0) is 43.7 Å². The molecule has 0 bridgehead atoms. The van der Waals surface area contributed by atoms with Gasteiger partial charge in [0.15, 0.2) is 0 Å². The van der Waals surface area contributed by atoms with Crippen molar-refractivity contribution < 1.29 is 9.90 Å². The largest absolute Gasteiger partial charge is 0.508 e. The molecule has 2 rings (SSSR count). The van der Waals surface area contributed by atoms with Crippen molar-refractivity contribution in [1.82, 2.24) is 15.5 Å². The second kappa shape index (κ2) is 7.26. The van der Waals surface area contributed by atoms with Crippen molar-refractivity contribution in [3.63, 3.8) is 0 Å². The summed E-state index contributed by atoms with van der Waals surface area (Å²) < 4.78 is 0. The molecule has 0 spiro atoms. The normalized spacial score (nSPS) is 16.1. The topological polar surface area (TPSA) is 64.6 Å². The van der Waals surface area contributed by atoms with Crippen LogP contribution in [0.2, 0.25) is 0 Å². The molecule has 0 atom stereocenters. The number of nitrogens with one attached hydrogen (secondary N) is 2. The van der Waals surface area contributed by atoms with E-state index in [0.29, 0.717) is 12.1 Å². The van der Waals surface area contributed by atoms with Crippen LogP contribution in [-0.2, 0) is 0 Å². The number of aromatic hydroxyl groups is 1. The fourth-order valence-corrected chi connectivity index (χ4v) is 2.44. The molecule has 1 fully saturated rings. The number of hydrogen-bond acceptors (Lipinski definition) is 4. The fourth-order valence-electron chi connectivity index (χ4n) is 2.44. The van der Waals surface area contributed by atoms with Crippen molar-refractivity contribution in [3.05, 3.63) is 29.3 Å². The average Bonchev–Trinajstić information content (AvgIpc) is 2.44. The molecule has 5 nitrogen and oxygen atoms in total. The lowest BCUT2D eigenvalue weighted by Gasteiger charge is -2.27. The molecule has 3 N–H and O–H groups in total. The Bertz CT molecular complexity index is 456. The van der Waals surface area contributed by atoms with Crippen LogP contribution in [0.25, 0.3) is 0 Å². The first-order valence-electron chi connectivity index (χ1n) is 7.18. The molecule has 20 heavy (non-hydrogen) atoms. The van der Waals surface area contributed by atoms with Crippen molar-refractivity contribution in [2.24, 2.45) is 0 Å². The van der Waals surface area contributed by atoms with Crippen LogP contribution in [0.15, 0.2) is 18.2 Å². The quantitative estimate of drug-likeness (QED) is 0.694. The zero-order chi connectivity index (χ0) is 14.4. The fraction of sp³-hybridized carbons (Fsp3) is 0.533. The van der Waals surface area contributed by atoms with Gasteiger partial charge in [-0.1, -0.05) is 0 Å². The van der Waals surface area contributed by atoms with Gasteiger partial charge in [0.25, 0.3) is 5.91 Å². The monoisotopic (exact) mass is 277 g/mol. The van der Waals surface area contributed by atoms with E-state index >= 15 is 0 Å². The molecule has 1 aromatic carbocycles. The maximum absolute atomic E-state index is 12.0. The van der Waals surface area contributed by atoms with Gasteiger partial charge in [0.05, 0.1) is 0 Å². The van der Waals surface area contributed by atoms with Crippen LogP contribution in [0.1, 0.15) is 22.3 Å². The van der Waals surface area contributed by atoms with Crippen molar-refractivity contribution in [2.45, 2.75) is 13.3 Å². The highest BCUT2D eigenvalue weighted by atomic mass is 16.3. The summed E-state index contributed by atoms with van der Waals surface area (Å²) >= 11 is 0. The van der Waals surface area contributed by atoms with Gasteiger partial charge < -0.3 is 20.6 Å². The molecule has 0 aliphatic carbocycles. The van der Waals surface area contributed by atoms with E-state index in [1.807, 2.05) is 6.92 Å². The number of carbonyl (C=O) groups is 1. The van der Waals surface area contributed by atoms with Crippen LogP contribution < -0.4 is 10.6 Å². The second-order valence-electron chi connectivity index (χ2n) is 5.20. The Morgan fingerprint density at radius 3 is 2.85 bits per heavy atom. The van der Waals surface area contributed by atoms with Gasteiger partial charge in [-0.3, -0.25) is 4.79 Å². The lowest BCUT2D eigenvalue weighted by atomic mass is 10.1. The van der Waals surface area contributed by atoms with Crippen LogP contribution in [0.4, 0.5) is 0 Å². The smallest absolute Gasteiger partial charge is 0.251 e.